The molecule has 0 saturated heterocycles. The van der Waals surface area contributed by atoms with Crippen LogP contribution in [0, 0.1) is 5.41 Å². The van der Waals surface area contributed by atoms with E-state index in [-0.39, 0.29) is 0 Å². The number of hydrogen-bond donors (Lipinski definition) is 1. The minimum absolute atomic E-state index is 0.526. The van der Waals surface area contributed by atoms with E-state index in [9.17, 15) is 0 Å². The molecule has 0 aliphatic heterocycles. The molecule has 1 aromatic heterocycles. The van der Waals surface area contributed by atoms with E-state index < -0.39 is 0 Å². The molecule has 0 spiro atoms. The van der Waals surface area contributed by atoms with Gasteiger partial charge in [0.1, 0.15) is 0 Å². The fourth-order valence-electron chi connectivity index (χ4n) is 1.96. The third-order valence-electron chi connectivity index (χ3n) is 2.96. The average Bonchev–Trinajstić information content (AvgIpc) is 3.00. The average molecular weight is 275 g/mol. The van der Waals surface area contributed by atoms with E-state index in [0.29, 0.717) is 5.82 Å². The number of benzene rings is 2. The number of fused-ring (bicyclic) bond motifs is 1. The number of tetrazole rings is 1. The van der Waals surface area contributed by atoms with Crippen LogP contribution in [-0.2, 0) is 0 Å². The fraction of sp³-hybridized carbons (Fsp3) is 0. The molecule has 3 rings (SSSR count). The van der Waals surface area contributed by atoms with Crippen molar-refractivity contribution in [3.63, 3.8) is 0 Å². The highest BCUT2D eigenvalue weighted by Crippen LogP contribution is 2.17. The van der Waals surface area contributed by atoms with Gasteiger partial charge >= 0.3 is 0 Å². The molecule has 3 aromatic rings. The number of allylic oxidation sites excluding steroid dienone is 3. The van der Waals surface area contributed by atoms with E-state index in [1.807, 2.05) is 30.3 Å². The first-order chi connectivity index (χ1) is 10.4. The van der Waals surface area contributed by atoms with Gasteiger partial charge in [-0.2, -0.15) is 0 Å². The summed E-state index contributed by atoms with van der Waals surface area (Å²) in [6.07, 6.45) is 8.08. The maximum absolute atomic E-state index is 6.87. The predicted octanol–water partition coefficient (Wildman–Crippen LogP) is 3.03. The minimum atomic E-state index is 0.526. The van der Waals surface area contributed by atoms with Gasteiger partial charge in [0.05, 0.1) is 5.69 Å². The largest absolute Gasteiger partial charge is 0.309 e. The molecule has 0 unspecified atom stereocenters. The van der Waals surface area contributed by atoms with Gasteiger partial charge in [-0.1, -0.05) is 42.5 Å². The first-order valence-electron chi connectivity index (χ1n) is 6.50. The number of aromatic nitrogens is 4. The summed E-state index contributed by atoms with van der Waals surface area (Å²) < 4.78 is 0. The van der Waals surface area contributed by atoms with Gasteiger partial charge in [-0.25, -0.2) is 0 Å². The quantitative estimate of drug-likeness (QED) is 0.588. The lowest BCUT2D eigenvalue weighted by Crippen LogP contribution is -1.98. The second-order valence-electron chi connectivity index (χ2n) is 4.38. The number of hydrogen-bond acceptors (Lipinski definition) is 4. The SMILES string of the molecule is N=C/C=C\C=C\c1nnn(-c2ccc3ccccc3c2)n1. The molecule has 2 aromatic carbocycles. The lowest BCUT2D eigenvalue weighted by Gasteiger charge is -2.01. The second kappa shape index (κ2) is 5.92. The Bertz CT molecular complexity index is 829. The fourth-order valence-corrected chi connectivity index (χ4v) is 1.96. The Kier molecular flexibility index (Phi) is 3.64. The van der Waals surface area contributed by atoms with Crippen molar-refractivity contribution in [2.45, 2.75) is 0 Å². The molecule has 1 heterocycles. The summed E-state index contributed by atoms with van der Waals surface area (Å²) in [6.45, 7) is 0. The molecule has 5 nitrogen and oxygen atoms in total. The Morgan fingerprint density at radius 2 is 1.81 bits per heavy atom. The smallest absolute Gasteiger partial charge is 0.198 e. The minimum Gasteiger partial charge on any atom is -0.309 e. The van der Waals surface area contributed by atoms with Gasteiger partial charge < -0.3 is 5.41 Å². The summed E-state index contributed by atoms with van der Waals surface area (Å²) >= 11 is 0. The molecule has 1 N–H and O–H groups in total. The zero-order valence-electron chi connectivity index (χ0n) is 11.2. The summed E-state index contributed by atoms with van der Waals surface area (Å²) in [5.41, 5.74) is 0.871. The van der Waals surface area contributed by atoms with Gasteiger partial charge in [0.2, 0.25) is 0 Å². The van der Waals surface area contributed by atoms with Gasteiger partial charge in [0.15, 0.2) is 5.82 Å². The van der Waals surface area contributed by atoms with Gasteiger partial charge in [-0.05, 0) is 40.3 Å². The third kappa shape index (κ3) is 2.92. The predicted molar refractivity (Wildman–Crippen MR) is 83.6 cm³/mol. The highest BCUT2D eigenvalue weighted by molar-refractivity contribution is 5.84. The Morgan fingerprint density at radius 1 is 0.952 bits per heavy atom. The van der Waals surface area contributed by atoms with Crippen molar-refractivity contribution in [3.05, 3.63) is 66.5 Å². The molecule has 0 fully saturated rings. The number of nitrogens with zero attached hydrogens (tertiary/aromatic N) is 4. The molecule has 5 heteroatoms. The molecular weight excluding hydrogens is 262 g/mol. The molecule has 0 radical (unpaired) electrons. The van der Waals surface area contributed by atoms with E-state index in [4.69, 9.17) is 5.41 Å². The van der Waals surface area contributed by atoms with Gasteiger partial charge in [-0.15, -0.1) is 15.0 Å². The van der Waals surface area contributed by atoms with Crippen LogP contribution in [0.3, 0.4) is 0 Å². The van der Waals surface area contributed by atoms with E-state index in [2.05, 4.69) is 27.5 Å². The Morgan fingerprint density at radius 3 is 2.67 bits per heavy atom. The first kappa shape index (κ1) is 12.9. The molecule has 0 aliphatic rings. The van der Waals surface area contributed by atoms with Gasteiger partial charge in [0, 0.05) is 6.21 Å². The Balaban J connectivity index is 1.89. The molecule has 0 atom stereocenters. The van der Waals surface area contributed by atoms with Crippen LogP contribution < -0.4 is 0 Å². The van der Waals surface area contributed by atoms with Crippen molar-refractivity contribution < 1.29 is 0 Å². The summed E-state index contributed by atoms with van der Waals surface area (Å²) in [6, 6.07) is 14.2. The molecule has 0 saturated carbocycles. The Labute approximate surface area is 121 Å². The molecule has 102 valence electrons. The van der Waals surface area contributed by atoms with Crippen LogP contribution in [-0.4, -0.2) is 26.4 Å². The monoisotopic (exact) mass is 275 g/mol. The van der Waals surface area contributed by atoms with Crippen LogP contribution in [0.2, 0.25) is 0 Å². The first-order valence-corrected chi connectivity index (χ1v) is 6.50. The van der Waals surface area contributed by atoms with Crippen LogP contribution >= 0.6 is 0 Å². The van der Waals surface area contributed by atoms with Crippen molar-refractivity contribution in [2.75, 3.05) is 0 Å². The third-order valence-corrected chi connectivity index (χ3v) is 2.96. The van der Waals surface area contributed by atoms with E-state index in [1.54, 1.807) is 24.3 Å². The molecule has 21 heavy (non-hydrogen) atoms. The van der Waals surface area contributed by atoms with E-state index in [1.165, 1.54) is 16.4 Å². The van der Waals surface area contributed by atoms with Crippen molar-refractivity contribution in [2.24, 2.45) is 0 Å². The van der Waals surface area contributed by atoms with Crippen molar-refractivity contribution in [1.29, 1.82) is 5.41 Å². The summed E-state index contributed by atoms with van der Waals surface area (Å²) in [7, 11) is 0. The van der Waals surface area contributed by atoms with Crippen LogP contribution in [0.25, 0.3) is 22.5 Å². The van der Waals surface area contributed by atoms with Crippen molar-refractivity contribution in [1.82, 2.24) is 20.2 Å². The number of nitrogens with one attached hydrogen (secondary N) is 1. The topological polar surface area (TPSA) is 67.5 Å². The van der Waals surface area contributed by atoms with Crippen LogP contribution in [0.15, 0.2) is 60.7 Å². The molecular formula is C16H13N5. The normalized spacial score (nSPS) is 11.6. The summed E-state index contributed by atoms with van der Waals surface area (Å²) in [5, 5.41) is 21.5. The highest BCUT2D eigenvalue weighted by Gasteiger charge is 2.03. The summed E-state index contributed by atoms with van der Waals surface area (Å²) in [4.78, 5) is 1.51. The van der Waals surface area contributed by atoms with Crippen LogP contribution in [0.1, 0.15) is 5.82 Å². The zero-order chi connectivity index (χ0) is 14.5. The van der Waals surface area contributed by atoms with Crippen molar-refractivity contribution in [3.8, 4) is 5.69 Å². The second-order valence-corrected chi connectivity index (χ2v) is 4.38. The molecule has 0 bridgehead atoms. The lowest BCUT2D eigenvalue weighted by atomic mass is 10.1. The maximum Gasteiger partial charge on any atom is 0.198 e. The van der Waals surface area contributed by atoms with Gasteiger partial charge in [-0.3, -0.25) is 0 Å². The highest BCUT2D eigenvalue weighted by atomic mass is 15.6. The summed E-state index contributed by atoms with van der Waals surface area (Å²) in [5.74, 6) is 0.526. The molecule has 0 amide bonds. The van der Waals surface area contributed by atoms with Crippen LogP contribution in [0.5, 0.6) is 0 Å². The van der Waals surface area contributed by atoms with E-state index in [0.717, 1.165) is 11.1 Å². The van der Waals surface area contributed by atoms with E-state index >= 15 is 0 Å². The zero-order valence-corrected chi connectivity index (χ0v) is 11.2. The van der Waals surface area contributed by atoms with Crippen LogP contribution in [0.4, 0.5) is 0 Å². The molecule has 0 aliphatic carbocycles. The van der Waals surface area contributed by atoms with Crippen molar-refractivity contribution >= 4 is 23.1 Å². The lowest BCUT2D eigenvalue weighted by molar-refractivity contribution is 0.720. The van der Waals surface area contributed by atoms with Gasteiger partial charge in [0.25, 0.3) is 0 Å². The maximum atomic E-state index is 6.87. The Hall–Kier alpha value is -3.08. The number of rotatable bonds is 4. The standard InChI is InChI=1S/C16H13N5/c17-11-5-1-2-8-16-18-20-21(19-16)15-10-9-13-6-3-4-7-14(13)12-15/h1-12,17H/b5-1-,8-2+,17-11?.